The average Bonchev–Trinajstić information content (AvgIpc) is 2.80. The fourth-order valence-electron chi connectivity index (χ4n) is 2.94. The van der Waals surface area contributed by atoms with Crippen LogP contribution in [0, 0.1) is 5.92 Å². The zero-order valence-electron chi connectivity index (χ0n) is 11.6. The first-order valence-corrected chi connectivity index (χ1v) is 7.32. The summed E-state index contributed by atoms with van der Waals surface area (Å²) in [5, 5.41) is 0. The highest BCUT2D eigenvalue weighted by Crippen LogP contribution is 2.22. The lowest BCUT2D eigenvalue weighted by Crippen LogP contribution is -2.20. The fourth-order valence-corrected chi connectivity index (χ4v) is 2.94. The summed E-state index contributed by atoms with van der Waals surface area (Å²) < 4.78 is 0. The van der Waals surface area contributed by atoms with E-state index in [0.717, 1.165) is 25.4 Å². The molecule has 2 rings (SSSR count). The number of hydrogen-bond donors (Lipinski definition) is 1. The predicted octanol–water partition coefficient (Wildman–Crippen LogP) is 2.81. The van der Waals surface area contributed by atoms with Gasteiger partial charge in [0.05, 0.1) is 0 Å². The van der Waals surface area contributed by atoms with Crippen molar-refractivity contribution < 1.29 is 0 Å². The van der Waals surface area contributed by atoms with Crippen LogP contribution in [0.1, 0.15) is 37.3 Å². The minimum atomic E-state index is 0.740. The molecule has 1 aromatic rings. The molecular formula is C16H26N2. The molecule has 1 saturated heterocycles. The van der Waals surface area contributed by atoms with Crippen molar-refractivity contribution in [3.05, 3.63) is 35.4 Å². The summed E-state index contributed by atoms with van der Waals surface area (Å²) in [5.74, 6) is 0.937. The lowest BCUT2D eigenvalue weighted by atomic mass is 10.0. The van der Waals surface area contributed by atoms with Gasteiger partial charge in [-0.15, -0.1) is 0 Å². The van der Waals surface area contributed by atoms with E-state index in [1.807, 2.05) is 0 Å². The molecule has 1 aliphatic heterocycles. The largest absolute Gasteiger partial charge is 0.330 e. The highest BCUT2D eigenvalue weighted by molar-refractivity contribution is 5.22. The van der Waals surface area contributed by atoms with Gasteiger partial charge in [0.15, 0.2) is 0 Å². The standard InChI is InChI=1S/C16H26N2/c1-2-3-15-9-11-18(12-15)13-16-6-4-14(5-7-16)8-10-17/h4-7,15H,2-3,8-13,17H2,1H3. The second-order valence-corrected chi connectivity index (χ2v) is 5.53. The summed E-state index contributed by atoms with van der Waals surface area (Å²) >= 11 is 0. The first kappa shape index (κ1) is 13.6. The second-order valence-electron chi connectivity index (χ2n) is 5.53. The molecule has 2 heteroatoms. The van der Waals surface area contributed by atoms with Crippen LogP contribution in [0.5, 0.6) is 0 Å². The molecule has 0 saturated carbocycles. The number of rotatable bonds is 6. The Morgan fingerprint density at radius 2 is 1.94 bits per heavy atom. The molecule has 0 spiro atoms. The van der Waals surface area contributed by atoms with E-state index in [-0.39, 0.29) is 0 Å². The zero-order chi connectivity index (χ0) is 12.8. The van der Waals surface area contributed by atoms with Crippen LogP contribution in [0.2, 0.25) is 0 Å². The van der Waals surface area contributed by atoms with Gasteiger partial charge in [0.25, 0.3) is 0 Å². The van der Waals surface area contributed by atoms with Crippen molar-refractivity contribution in [1.29, 1.82) is 0 Å². The monoisotopic (exact) mass is 246 g/mol. The molecule has 18 heavy (non-hydrogen) atoms. The van der Waals surface area contributed by atoms with Crippen molar-refractivity contribution in [1.82, 2.24) is 4.90 Å². The molecule has 0 aliphatic carbocycles. The van der Waals surface area contributed by atoms with E-state index in [9.17, 15) is 0 Å². The summed E-state index contributed by atoms with van der Waals surface area (Å²) in [7, 11) is 0. The molecular weight excluding hydrogens is 220 g/mol. The van der Waals surface area contributed by atoms with Gasteiger partial charge < -0.3 is 5.73 Å². The molecule has 0 amide bonds. The molecule has 1 unspecified atom stereocenters. The second kappa shape index (κ2) is 6.91. The Bertz CT molecular complexity index is 345. The Kier molecular flexibility index (Phi) is 5.21. The normalized spacial score (nSPS) is 20.4. The van der Waals surface area contributed by atoms with E-state index in [1.54, 1.807) is 0 Å². The Morgan fingerprint density at radius 1 is 1.22 bits per heavy atom. The van der Waals surface area contributed by atoms with Crippen molar-refractivity contribution in [2.24, 2.45) is 11.7 Å². The van der Waals surface area contributed by atoms with Gasteiger partial charge in [0.1, 0.15) is 0 Å². The Labute approximate surface area is 111 Å². The molecule has 1 aliphatic rings. The zero-order valence-corrected chi connectivity index (χ0v) is 11.6. The summed E-state index contributed by atoms with van der Waals surface area (Å²) in [6, 6.07) is 8.97. The van der Waals surface area contributed by atoms with Gasteiger partial charge in [-0.1, -0.05) is 37.6 Å². The summed E-state index contributed by atoms with van der Waals surface area (Å²) in [6.45, 7) is 6.71. The maximum Gasteiger partial charge on any atom is 0.0233 e. The van der Waals surface area contributed by atoms with Crippen LogP contribution < -0.4 is 5.73 Å². The Hall–Kier alpha value is -0.860. The first-order chi connectivity index (χ1) is 8.81. The third-order valence-corrected chi connectivity index (χ3v) is 3.93. The van der Waals surface area contributed by atoms with Crippen molar-refractivity contribution in [3.8, 4) is 0 Å². The molecule has 0 bridgehead atoms. The Balaban J connectivity index is 1.82. The molecule has 1 heterocycles. The van der Waals surface area contributed by atoms with Crippen LogP contribution >= 0.6 is 0 Å². The van der Waals surface area contributed by atoms with Crippen LogP contribution in [0.25, 0.3) is 0 Å². The number of likely N-dealkylation sites (tertiary alicyclic amines) is 1. The maximum atomic E-state index is 5.57. The van der Waals surface area contributed by atoms with Crippen molar-refractivity contribution in [3.63, 3.8) is 0 Å². The molecule has 0 radical (unpaired) electrons. The van der Waals surface area contributed by atoms with Crippen LogP contribution in [0.15, 0.2) is 24.3 Å². The smallest absolute Gasteiger partial charge is 0.0233 e. The molecule has 100 valence electrons. The number of nitrogens with zero attached hydrogens (tertiary/aromatic N) is 1. The van der Waals surface area contributed by atoms with Crippen molar-refractivity contribution >= 4 is 0 Å². The molecule has 2 nitrogen and oxygen atoms in total. The van der Waals surface area contributed by atoms with E-state index in [2.05, 4.69) is 36.1 Å². The summed E-state index contributed by atoms with van der Waals surface area (Å²) in [4.78, 5) is 2.60. The van der Waals surface area contributed by atoms with Crippen molar-refractivity contribution in [2.75, 3.05) is 19.6 Å². The Morgan fingerprint density at radius 3 is 2.61 bits per heavy atom. The highest BCUT2D eigenvalue weighted by atomic mass is 15.1. The van der Waals surface area contributed by atoms with E-state index in [0.29, 0.717) is 0 Å². The maximum absolute atomic E-state index is 5.57. The molecule has 1 atom stereocenters. The van der Waals surface area contributed by atoms with E-state index in [1.165, 1.54) is 43.5 Å². The number of hydrogen-bond acceptors (Lipinski definition) is 2. The molecule has 2 N–H and O–H groups in total. The minimum absolute atomic E-state index is 0.740. The fraction of sp³-hybridized carbons (Fsp3) is 0.625. The van der Waals surface area contributed by atoms with Crippen LogP contribution in [-0.4, -0.2) is 24.5 Å². The average molecular weight is 246 g/mol. The lowest BCUT2D eigenvalue weighted by Gasteiger charge is -2.16. The van der Waals surface area contributed by atoms with Gasteiger partial charge in [0.2, 0.25) is 0 Å². The van der Waals surface area contributed by atoms with E-state index < -0.39 is 0 Å². The van der Waals surface area contributed by atoms with Gasteiger partial charge in [0, 0.05) is 13.1 Å². The van der Waals surface area contributed by atoms with Crippen LogP contribution in [0.4, 0.5) is 0 Å². The number of nitrogens with two attached hydrogens (primary N) is 1. The predicted molar refractivity (Wildman–Crippen MR) is 77.5 cm³/mol. The SMILES string of the molecule is CCCC1CCN(Cc2ccc(CCN)cc2)C1. The lowest BCUT2D eigenvalue weighted by molar-refractivity contribution is 0.313. The van der Waals surface area contributed by atoms with Gasteiger partial charge in [-0.05, 0) is 49.4 Å². The summed E-state index contributed by atoms with van der Waals surface area (Å²) in [5.41, 5.74) is 8.36. The van der Waals surface area contributed by atoms with E-state index in [4.69, 9.17) is 5.73 Å². The molecule has 1 aromatic carbocycles. The van der Waals surface area contributed by atoms with Crippen LogP contribution in [-0.2, 0) is 13.0 Å². The van der Waals surface area contributed by atoms with Gasteiger partial charge in [-0.3, -0.25) is 4.90 Å². The van der Waals surface area contributed by atoms with Gasteiger partial charge in [-0.25, -0.2) is 0 Å². The molecule has 1 fully saturated rings. The van der Waals surface area contributed by atoms with Crippen LogP contribution in [0.3, 0.4) is 0 Å². The topological polar surface area (TPSA) is 29.3 Å². The molecule has 0 aromatic heterocycles. The third kappa shape index (κ3) is 3.82. The minimum Gasteiger partial charge on any atom is -0.330 e. The summed E-state index contributed by atoms with van der Waals surface area (Å²) in [6.07, 6.45) is 5.10. The van der Waals surface area contributed by atoms with Gasteiger partial charge in [-0.2, -0.15) is 0 Å². The number of benzene rings is 1. The van der Waals surface area contributed by atoms with E-state index >= 15 is 0 Å². The van der Waals surface area contributed by atoms with Crippen molar-refractivity contribution in [2.45, 2.75) is 39.2 Å². The third-order valence-electron chi connectivity index (χ3n) is 3.93. The quantitative estimate of drug-likeness (QED) is 0.836. The highest BCUT2D eigenvalue weighted by Gasteiger charge is 2.21. The van der Waals surface area contributed by atoms with Gasteiger partial charge >= 0.3 is 0 Å². The first-order valence-electron chi connectivity index (χ1n) is 7.32.